The lowest BCUT2D eigenvalue weighted by Crippen LogP contribution is -2.51. The maximum Gasteiger partial charge on any atom is 0.411 e. The van der Waals surface area contributed by atoms with Crippen LogP contribution in [0.1, 0.15) is 79.6 Å². The second kappa shape index (κ2) is 9.82. The fourth-order valence-electron chi connectivity index (χ4n) is 8.72. The molecule has 8 heteroatoms. The average Bonchev–Trinajstić information content (AvgIpc) is 3.11. The molecule has 0 heterocycles. The zero-order valence-corrected chi connectivity index (χ0v) is 22.4. The normalized spacial score (nSPS) is 40.0. The number of carbonyl (C=O) groups is 2. The van der Waals surface area contributed by atoms with E-state index in [1.165, 1.54) is 12.5 Å². The lowest BCUT2D eigenvalue weighted by Gasteiger charge is -2.58. The second-order valence-corrected chi connectivity index (χ2v) is 12.1. The number of rotatable bonds is 6. The van der Waals surface area contributed by atoms with Crippen molar-refractivity contribution in [1.29, 1.82) is 0 Å². The molecule has 1 N–H and O–H groups in total. The largest absolute Gasteiger partial charge is 0.462 e. The number of hydrogen-bond acceptors (Lipinski definition) is 6. The van der Waals surface area contributed by atoms with Crippen molar-refractivity contribution in [2.24, 2.45) is 40.4 Å². The van der Waals surface area contributed by atoms with E-state index >= 15 is 0 Å². The molecule has 9 unspecified atom stereocenters. The maximum absolute atomic E-state index is 12.2. The average molecular weight is 503 g/mol. The summed E-state index contributed by atoms with van der Waals surface area (Å²) in [6, 6.07) is -0.721. The first-order valence-corrected chi connectivity index (χ1v) is 13.5. The van der Waals surface area contributed by atoms with Crippen molar-refractivity contribution in [2.75, 3.05) is 6.61 Å². The molecule has 4 aliphatic rings. The lowest BCUT2D eigenvalue weighted by atomic mass is 9.47. The summed E-state index contributed by atoms with van der Waals surface area (Å²) < 4.78 is 10.7. The highest BCUT2D eigenvalue weighted by molar-refractivity contribution is 5.69. The first kappa shape index (κ1) is 26.7. The van der Waals surface area contributed by atoms with Gasteiger partial charge in [-0.1, -0.05) is 32.1 Å². The Morgan fingerprint density at radius 3 is 2.64 bits per heavy atom. The predicted octanol–water partition coefficient (Wildman–Crippen LogP) is 5.65. The third kappa shape index (κ3) is 4.45. The van der Waals surface area contributed by atoms with Crippen molar-refractivity contribution in [3.8, 4) is 0 Å². The molecule has 0 saturated heterocycles. The molecule has 200 valence electrons. The minimum atomic E-state index is -0.721. The van der Waals surface area contributed by atoms with Gasteiger partial charge >= 0.3 is 12.1 Å². The summed E-state index contributed by atoms with van der Waals surface area (Å²) in [6.45, 7) is 14.0. The number of fused-ring (bicyclic) bond motifs is 5. The summed E-state index contributed by atoms with van der Waals surface area (Å²) >= 11 is 0. The molecule has 0 aliphatic heterocycles. The molecular formula is C28H42N2O6. The van der Waals surface area contributed by atoms with Gasteiger partial charge in [-0.05, 0) is 74.0 Å². The quantitative estimate of drug-likeness (QED) is 0.218. The number of nitrogens with one attached hydrogen (secondary N) is 1. The van der Waals surface area contributed by atoms with Crippen LogP contribution in [0.2, 0.25) is 0 Å². The first-order chi connectivity index (χ1) is 16.9. The smallest absolute Gasteiger partial charge is 0.411 e. The molecule has 8 nitrogen and oxygen atoms in total. The van der Waals surface area contributed by atoms with Crippen LogP contribution in [0.15, 0.2) is 23.9 Å². The third-order valence-corrected chi connectivity index (χ3v) is 10.4. The van der Waals surface area contributed by atoms with E-state index in [-0.39, 0.29) is 46.3 Å². The van der Waals surface area contributed by atoms with Crippen LogP contribution in [0.3, 0.4) is 0 Å². The van der Waals surface area contributed by atoms with Crippen LogP contribution in [0.5, 0.6) is 0 Å². The van der Waals surface area contributed by atoms with E-state index in [1.54, 1.807) is 13.8 Å². The van der Waals surface area contributed by atoms with Gasteiger partial charge in [0.05, 0.1) is 6.61 Å². The monoisotopic (exact) mass is 502 g/mol. The first-order valence-electron chi connectivity index (χ1n) is 13.5. The van der Waals surface area contributed by atoms with E-state index in [0.29, 0.717) is 23.5 Å². The SMILES string of the molecule is C=C(NC(=O)OCC)C1C(C(C)[N+](=O)[O-])CC2C3CC=C4CC(OC(C)=O)CCC4(C)C3CCC21C. The predicted molar refractivity (Wildman–Crippen MR) is 135 cm³/mol. The van der Waals surface area contributed by atoms with Crippen LogP contribution in [0, 0.1) is 50.5 Å². The van der Waals surface area contributed by atoms with Gasteiger partial charge < -0.3 is 9.47 Å². The van der Waals surface area contributed by atoms with Gasteiger partial charge in [-0.3, -0.25) is 20.2 Å². The number of amides is 1. The van der Waals surface area contributed by atoms with Gasteiger partial charge in [-0.15, -0.1) is 0 Å². The van der Waals surface area contributed by atoms with Crippen molar-refractivity contribution >= 4 is 12.1 Å². The van der Waals surface area contributed by atoms with Crippen molar-refractivity contribution < 1.29 is 24.0 Å². The van der Waals surface area contributed by atoms with Crippen LogP contribution < -0.4 is 5.32 Å². The molecule has 3 fully saturated rings. The van der Waals surface area contributed by atoms with Crippen molar-refractivity contribution in [1.82, 2.24) is 5.32 Å². The molecular weight excluding hydrogens is 460 g/mol. The zero-order chi connectivity index (χ0) is 26.4. The summed E-state index contributed by atoms with van der Waals surface area (Å²) in [4.78, 5) is 35.5. The number of allylic oxidation sites excluding steroid dienone is 2. The Morgan fingerprint density at radius 2 is 2.00 bits per heavy atom. The van der Waals surface area contributed by atoms with Gasteiger partial charge in [0.15, 0.2) is 0 Å². The molecule has 0 aromatic rings. The molecule has 0 aromatic carbocycles. The van der Waals surface area contributed by atoms with Crippen LogP contribution in [-0.2, 0) is 14.3 Å². The standard InChI is InChI=1S/C28H42N2O6/c1-7-35-26(32)29-16(2)25-22(17(3)30(33)34)15-24-21-9-8-19-14-20(36-18(4)31)10-12-27(19,5)23(21)11-13-28(24,25)6/h8,17,20-25H,2,7,9-15H2,1,3-6H3,(H,29,32). The summed E-state index contributed by atoms with van der Waals surface area (Å²) in [5.41, 5.74) is 1.87. The number of ether oxygens (including phenoxy) is 2. The van der Waals surface area contributed by atoms with E-state index in [1.807, 2.05) is 0 Å². The van der Waals surface area contributed by atoms with Crippen molar-refractivity contribution in [3.05, 3.63) is 34.0 Å². The Bertz CT molecular complexity index is 962. The van der Waals surface area contributed by atoms with Crippen LogP contribution >= 0.6 is 0 Å². The Balaban J connectivity index is 1.63. The number of esters is 1. The summed E-state index contributed by atoms with van der Waals surface area (Å²) in [6.07, 6.45) is 8.20. The van der Waals surface area contributed by atoms with Crippen LogP contribution in [0.25, 0.3) is 0 Å². The van der Waals surface area contributed by atoms with E-state index in [4.69, 9.17) is 9.47 Å². The number of hydrogen-bond donors (Lipinski definition) is 1. The van der Waals surface area contributed by atoms with Gasteiger partial charge in [0.1, 0.15) is 6.10 Å². The lowest BCUT2D eigenvalue weighted by molar-refractivity contribution is -0.529. The molecule has 3 saturated carbocycles. The molecule has 4 aliphatic carbocycles. The van der Waals surface area contributed by atoms with E-state index in [0.717, 1.165) is 44.9 Å². The van der Waals surface area contributed by atoms with Gasteiger partial charge in [0, 0.05) is 42.7 Å². The Morgan fingerprint density at radius 1 is 1.28 bits per heavy atom. The Hall–Kier alpha value is -2.38. The van der Waals surface area contributed by atoms with E-state index in [9.17, 15) is 19.7 Å². The highest BCUT2D eigenvalue weighted by Crippen LogP contribution is 2.68. The van der Waals surface area contributed by atoms with Crippen LogP contribution in [-0.4, -0.2) is 35.7 Å². The molecule has 0 spiro atoms. The highest BCUT2D eigenvalue weighted by Gasteiger charge is 2.63. The summed E-state index contributed by atoms with van der Waals surface area (Å²) in [7, 11) is 0. The minimum absolute atomic E-state index is 0.0364. The highest BCUT2D eigenvalue weighted by atomic mass is 16.6. The summed E-state index contributed by atoms with van der Waals surface area (Å²) in [5, 5.41) is 14.8. The molecule has 1 amide bonds. The van der Waals surface area contributed by atoms with Gasteiger partial charge in [0.2, 0.25) is 6.04 Å². The van der Waals surface area contributed by atoms with Gasteiger partial charge in [-0.2, -0.15) is 0 Å². The second-order valence-electron chi connectivity index (χ2n) is 12.1. The summed E-state index contributed by atoms with van der Waals surface area (Å²) in [5.74, 6) is 0.670. The Labute approximate surface area is 214 Å². The maximum atomic E-state index is 12.2. The topological polar surface area (TPSA) is 108 Å². The third-order valence-electron chi connectivity index (χ3n) is 10.4. The zero-order valence-electron chi connectivity index (χ0n) is 22.4. The molecule has 0 aromatic heterocycles. The van der Waals surface area contributed by atoms with Gasteiger partial charge in [0.25, 0.3) is 0 Å². The number of alkyl carbamates (subject to hydrolysis) is 1. The molecule has 4 rings (SSSR count). The Kier molecular flexibility index (Phi) is 7.28. The van der Waals surface area contributed by atoms with Crippen LogP contribution in [0.4, 0.5) is 4.79 Å². The molecule has 0 radical (unpaired) electrons. The molecule has 36 heavy (non-hydrogen) atoms. The molecule has 9 atom stereocenters. The van der Waals surface area contributed by atoms with Gasteiger partial charge in [-0.25, -0.2) is 4.79 Å². The number of carbonyl (C=O) groups excluding carboxylic acids is 2. The van der Waals surface area contributed by atoms with E-state index in [2.05, 4.69) is 31.8 Å². The van der Waals surface area contributed by atoms with Crippen molar-refractivity contribution in [3.63, 3.8) is 0 Å². The number of nitrogens with zero attached hydrogens (tertiary/aromatic N) is 1. The fourth-order valence-corrected chi connectivity index (χ4v) is 8.72. The molecule has 0 bridgehead atoms. The van der Waals surface area contributed by atoms with Crippen molar-refractivity contribution in [2.45, 2.75) is 91.7 Å². The fraction of sp³-hybridized carbons (Fsp3) is 0.786. The van der Waals surface area contributed by atoms with E-state index < -0.39 is 12.1 Å². The number of nitro groups is 1. The minimum Gasteiger partial charge on any atom is -0.462 e.